The van der Waals surface area contributed by atoms with Gasteiger partial charge in [0, 0.05) is 32.0 Å². The van der Waals surface area contributed by atoms with Gasteiger partial charge in [-0.2, -0.15) is 4.31 Å². The van der Waals surface area contributed by atoms with Crippen LogP contribution in [0.1, 0.15) is 29.6 Å². The zero-order valence-corrected chi connectivity index (χ0v) is 13.9. The minimum Gasteiger partial charge on any atom is -0.389 e. The lowest BCUT2D eigenvalue weighted by atomic mass is 9.83. The van der Waals surface area contributed by atoms with Gasteiger partial charge in [0.15, 0.2) is 0 Å². The molecule has 2 atom stereocenters. The SMILES string of the molecule is CS(=O)(=O)N1CCC[C@@]12CCN(C(=O)c1cccnc1)C[C@@H]2O. The fourth-order valence-corrected chi connectivity index (χ4v) is 5.20. The van der Waals surface area contributed by atoms with Gasteiger partial charge in [-0.1, -0.05) is 0 Å². The van der Waals surface area contributed by atoms with Crippen LogP contribution >= 0.6 is 0 Å². The van der Waals surface area contributed by atoms with Crippen molar-refractivity contribution in [2.24, 2.45) is 0 Å². The molecule has 7 nitrogen and oxygen atoms in total. The lowest BCUT2D eigenvalue weighted by Crippen LogP contribution is -2.63. The largest absolute Gasteiger partial charge is 0.389 e. The Morgan fingerprint density at radius 1 is 1.39 bits per heavy atom. The first-order chi connectivity index (χ1) is 10.8. The number of amides is 1. The van der Waals surface area contributed by atoms with Crippen LogP contribution in [0.25, 0.3) is 0 Å². The summed E-state index contributed by atoms with van der Waals surface area (Å²) in [6.45, 7) is 1.00. The number of likely N-dealkylation sites (tertiary alicyclic amines) is 1. The van der Waals surface area contributed by atoms with Crippen molar-refractivity contribution >= 4 is 15.9 Å². The molecule has 1 spiro atoms. The van der Waals surface area contributed by atoms with Crippen molar-refractivity contribution < 1.29 is 18.3 Å². The molecule has 0 saturated carbocycles. The highest BCUT2D eigenvalue weighted by Crippen LogP contribution is 2.40. The van der Waals surface area contributed by atoms with Crippen molar-refractivity contribution in [2.45, 2.75) is 30.9 Å². The van der Waals surface area contributed by atoms with Crippen molar-refractivity contribution in [3.63, 3.8) is 0 Å². The summed E-state index contributed by atoms with van der Waals surface area (Å²) in [6.07, 6.45) is 5.22. The van der Waals surface area contributed by atoms with Crippen LogP contribution in [0.4, 0.5) is 0 Å². The van der Waals surface area contributed by atoms with Gasteiger partial charge in [0.1, 0.15) is 0 Å². The molecular weight excluding hydrogens is 318 g/mol. The van der Waals surface area contributed by atoms with Crippen LogP contribution in [0.3, 0.4) is 0 Å². The average molecular weight is 339 g/mol. The Morgan fingerprint density at radius 2 is 2.17 bits per heavy atom. The maximum absolute atomic E-state index is 12.5. The molecule has 1 aromatic heterocycles. The third-order valence-electron chi connectivity index (χ3n) is 4.89. The van der Waals surface area contributed by atoms with E-state index in [4.69, 9.17) is 0 Å². The second-order valence-corrected chi connectivity index (χ2v) is 8.21. The van der Waals surface area contributed by atoms with Gasteiger partial charge in [-0.05, 0) is 31.4 Å². The number of carbonyl (C=O) groups is 1. The van der Waals surface area contributed by atoms with E-state index in [1.54, 1.807) is 23.2 Å². The number of β-amino-alcohol motifs (C(OH)–C–C–N with tert-alkyl or cyclic N) is 1. The quantitative estimate of drug-likeness (QED) is 0.824. The van der Waals surface area contributed by atoms with Gasteiger partial charge in [-0.25, -0.2) is 8.42 Å². The summed E-state index contributed by atoms with van der Waals surface area (Å²) in [5.41, 5.74) is -0.290. The van der Waals surface area contributed by atoms with E-state index >= 15 is 0 Å². The Bertz CT molecular complexity index is 694. The van der Waals surface area contributed by atoms with Crippen molar-refractivity contribution in [3.05, 3.63) is 30.1 Å². The second kappa shape index (κ2) is 5.85. The number of hydrogen-bond donors (Lipinski definition) is 1. The van der Waals surface area contributed by atoms with Crippen molar-refractivity contribution in [3.8, 4) is 0 Å². The van der Waals surface area contributed by atoms with E-state index in [-0.39, 0.29) is 12.5 Å². The first kappa shape index (κ1) is 16.4. The number of hydrogen-bond acceptors (Lipinski definition) is 5. The van der Waals surface area contributed by atoms with Crippen LogP contribution in [0, 0.1) is 0 Å². The number of pyridine rings is 1. The molecule has 2 aliphatic heterocycles. The molecule has 0 unspecified atom stereocenters. The predicted octanol–water partition coefficient (Wildman–Crippen LogP) is 0.0826. The predicted molar refractivity (Wildman–Crippen MR) is 84.3 cm³/mol. The maximum Gasteiger partial charge on any atom is 0.255 e. The number of aliphatic hydroxyl groups excluding tert-OH is 1. The number of carbonyl (C=O) groups excluding carboxylic acids is 1. The molecular formula is C15H21N3O4S. The highest BCUT2D eigenvalue weighted by atomic mass is 32.2. The molecule has 3 rings (SSSR count). The minimum atomic E-state index is -3.37. The van der Waals surface area contributed by atoms with Gasteiger partial charge in [0.2, 0.25) is 10.0 Å². The molecule has 2 saturated heterocycles. The number of aromatic nitrogens is 1. The van der Waals surface area contributed by atoms with Gasteiger partial charge in [-0.3, -0.25) is 9.78 Å². The summed E-state index contributed by atoms with van der Waals surface area (Å²) >= 11 is 0. The molecule has 0 bridgehead atoms. The van der Waals surface area contributed by atoms with Crippen LogP contribution in [-0.4, -0.2) is 71.2 Å². The van der Waals surface area contributed by atoms with E-state index in [1.165, 1.54) is 16.8 Å². The Balaban J connectivity index is 1.79. The molecule has 0 radical (unpaired) electrons. The van der Waals surface area contributed by atoms with Crippen LogP contribution in [0.5, 0.6) is 0 Å². The topological polar surface area (TPSA) is 90.8 Å². The standard InChI is InChI=1S/C15H21N3O4S/c1-23(21,22)18-8-3-5-15(18)6-9-17(11-13(15)19)14(20)12-4-2-7-16-10-12/h2,4,7,10,13,19H,3,5-6,8-9,11H2,1H3/t13-,15-/m0/s1. The fraction of sp³-hybridized carbons (Fsp3) is 0.600. The van der Waals surface area contributed by atoms with Crippen molar-refractivity contribution in [1.82, 2.24) is 14.2 Å². The molecule has 126 valence electrons. The summed E-state index contributed by atoms with van der Waals surface area (Å²) in [5.74, 6) is -0.184. The summed E-state index contributed by atoms with van der Waals surface area (Å²) in [5, 5.41) is 10.6. The van der Waals surface area contributed by atoms with E-state index in [1.807, 2.05) is 0 Å². The first-order valence-corrected chi connectivity index (χ1v) is 9.55. The van der Waals surface area contributed by atoms with E-state index in [2.05, 4.69) is 4.98 Å². The lowest BCUT2D eigenvalue weighted by molar-refractivity contribution is -0.0292. The van der Waals surface area contributed by atoms with Gasteiger partial charge in [0.25, 0.3) is 5.91 Å². The van der Waals surface area contributed by atoms with Gasteiger partial charge in [0.05, 0.1) is 23.5 Å². The molecule has 0 aromatic carbocycles. The number of aliphatic hydroxyl groups is 1. The molecule has 1 N–H and O–H groups in total. The van der Waals surface area contributed by atoms with Gasteiger partial charge in [-0.15, -0.1) is 0 Å². The Labute approximate surface area is 136 Å². The average Bonchev–Trinajstić information content (AvgIpc) is 2.95. The van der Waals surface area contributed by atoms with Crippen molar-refractivity contribution in [2.75, 3.05) is 25.9 Å². The summed E-state index contributed by atoms with van der Waals surface area (Å²) in [4.78, 5) is 18.0. The number of piperidine rings is 1. The molecule has 8 heteroatoms. The van der Waals surface area contributed by atoms with E-state index < -0.39 is 21.7 Å². The lowest BCUT2D eigenvalue weighted by Gasteiger charge is -2.47. The van der Waals surface area contributed by atoms with E-state index in [9.17, 15) is 18.3 Å². The third-order valence-corrected chi connectivity index (χ3v) is 6.24. The first-order valence-electron chi connectivity index (χ1n) is 7.70. The smallest absolute Gasteiger partial charge is 0.255 e. The summed E-state index contributed by atoms with van der Waals surface area (Å²) < 4.78 is 25.5. The van der Waals surface area contributed by atoms with Gasteiger partial charge >= 0.3 is 0 Å². The molecule has 23 heavy (non-hydrogen) atoms. The number of nitrogens with zero attached hydrogens (tertiary/aromatic N) is 3. The third kappa shape index (κ3) is 2.86. The molecule has 1 aromatic rings. The molecule has 2 fully saturated rings. The van der Waals surface area contributed by atoms with Crippen LogP contribution < -0.4 is 0 Å². The zero-order valence-electron chi connectivity index (χ0n) is 13.1. The highest BCUT2D eigenvalue weighted by molar-refractivity contribution is 7.88. The number of sulfonamides is 1. The highest BCUT2D eigenvalue weighted by Gasteiger charge is 2.53. The Hall–Kier alpha value is -1.51. The molecule has 3 heterocycles. The van der Waals surface area contributed by atoms with E-state index in [0.717, 1.165) is 6.42 Å². The summed E-state index contributed by atoms with van der Waals surface area (Å²) in [7, 11) is -3.37. The van der Waals surface area contributed by atoms with E-state index in [0.29, 0.717) is 31.5 Å². The monoisotopic (exact) mass is 339 g/mol. The second-order valence-electron chi connectivity index (χ2n) is 6.30. The van der Waals surface area contributed by atoms with Crippen molar-refractivity contribution in [1.29, 1.82) is 0 Å². The molecule has 1 amide bonds. The molecule has 2 aliphatic rings. The maximum atomic E-state index is 12.5. The Morgan fingerprint density at radius 3 is 2.78 bits per heavy atom. The van der Waals surface area contributed by atoms with Crippen LogP contribution in [-0.2, 0) is 10.0 Å². The minimum absolute atomic E-state index is 0.139. The number of rotatable bonds is 2. The van der Waals surface area contributed by atoms with Crippen LogP contribution in [0.2, 0.25) is 0 Å². The van der Waals surface area contributed by atoms with Gasteiger partial charge < -0.3 is 10.0 Å². The summed E-state index contributed by atoms with van der Waals surface area (Å²) in [6, 6.07) is 3.38. The zero-order chi connectivity index (χ0) is 16.7. The van der Waals surface area contributed by atoms with Crippen LogP contribution in [0.15, 0.2) is 24.5 Å². The normalized spacial score (nSPS) is 29.1. The fourth-order valence-electron chi connectivity index (χ4n) is 3.78. The molecule has 0 aliphatic carbocycles. The Kier molecular flexibility index (Phi) is 4.16.